The van der Waals surface area contributed by atoms with E-state index in [1.165, 1.54) is 0 Å². The topological polar surface area (TPSA) is 74.1 Å². The van der Waals surface area contributed by atoms with Crippen molar-refractivity contribution in [1.29, 1.82) is 0 Å². The minimum atomic E-state index is -0.229. The van der Waals surface area contributed by atoms with Crippen molar-refractivity contribution in [1.82, 2.24) is 20.2 Å². The molecular weight excluding hydrogens is 354 g/mol. The number of nitrogens with one attached hydrogen (secondary N) is 1. The molecule has 132 valence electrons. The van der Waals surface area contributed by atoms with Crippen LogP contribution in [0.1, 0.15) is 17.2 Å². The van der Waals surface area contributed by atoms with Gasteiger partial charge in [0, 0.05) is 22.3 Å². The summed E-state index contributed by atoms with van der Waals surface area (Å²) in [6.07, 6.45) is 2.05. The number of tetrazole rings is 1. The quantitative estimate of drug-likeness (QED) is 0.759. The first-order chi connectivity index (χ1) is 12.7. The number of halogens is 1. The van der Waals surface area contributed by atoms with Gasteiger partial charge in [0.05, 0.1) is 14.2 Å². The first-order valence-electron chi connectivity index (χ1n) is 7.94. The number of benzene rings is 2. The molecule has 2 heterocycles. The highest BCUT2D eigenvalue weighted by atomic mass is 35.5. The molecule has 26 heavy (non-hydrogen) atoms. The van der Waals surface area contributed by atoms with E-state index in [4.69, 9.17) is 21.1 Å². The largest absolute Gasteiger partial charge is 0.497 e. The van der Waals surface area contributed by atoms with E-state index in [-0.39, 0.29) is 6.04 Å². The zero-order chi connectivity index (χ0) is 18.1. The van der Waals surface area contributed by atoms with Crippen molar-refractivity contribution in [3.05, 3.63) is 64.7 Å². The van der Waals surface area contributed by atoms with Gasteiger partial charge in [0.1, 0.15) is 17.5 Å². The van der Waals surface area contributed by atoms with Crippen molar-refractivity contribution in [3.63, 3.8) is 0 Å². The number of nitrogens with zero attached hydrogens (tertiary/aromatic N) is 4. The molecule has 0 aliphatic carbocycles. The molecule has 1 aliphatic heterocycles. The van der Waals surface area contributed by atoms with Crippen LogP contribution in [0.15, 0.2) is 48.5 Å². The molecule has 0 saturated heterocycles. The average molecular weight is 370 g/mol. The molecule has 0 bridgehead atoms. The predicted molar refractivity (Wildman–Crippen MR) is 98.6 cm³/mol. The van der Waals surface area contributed by atoms with Crippen LogP contribution >= 0.6 is 11.6 Å². The lowest BCUT2D eigenvalue weighted by molar-refractivity contribution is 0.387. The summed E-state index contributed by atoms with van der Waals surface area (Å²) in [6, 6.07) is 13.0. The van der Waals surface area contributed by atoms with Gasteiger partial charge in [-0.2, -0.15) is 4.68 Å². The number of anilines is 1. The van der Waals surface area contributed by atoms with Gasteiger partial charge in [0.15, 0.2) is 0 Å². The number of fused-ring (bicyclic) bond motifs is 1. The fraction of sp³-hybridized carbons (Fsp3) is 0.167. The number of aromatic nitrogens is 4. The molecule has 0 radical (unpaired) electrons. The third kappa shape index (κ3) is 2.86. The van der Waals surface area contributed by atoms with Gasteiger partial charge in [0.2, 0.25) is 5.95 Å². The van der Waals surface area contributed by atoms with Crippen LogP contribution in [-0.4, -0.2) is 34.4 Å². The monoisotopic (exact) mass is 369 g/mol. The van der Waals surface area contributed by atoms with Crippen LogP contribution in [0.3, 0.4) is 0 Å². The zero-order valence-electron chi connectivity index (χ0n) is 14.2. The SMILES string of the molecule is COc1ccc([C@@H]2C=C(c3ccc(Cl)cc3)Nc3nnnn32)c(OC)c1. The summed E-state index contributed by atoms with van der Waals surface area (Å²) in [7, 11) is 3.25. The zero-order valence-corrected chi connectivity index (χ0v) is 14.9. The molecule has 0 unspecified atom stereocenters. The lowest BCUT2D eigenvalue weighted by atomic mass is 10.0. The van der Waals surface area contributed by atoms with Crippen LogP contribution in [-0.2, 0) is 0 Å². The lowest BCUT2D eigenvalue weighted by Gasteiger charge is -2.25. The second kappa shape index (κ2) is 6.68. The van der Waals surface area contributed by atoms with Gasteiger partial charge in [-0.3, -0.25) is 0 Å². The number of allylic oxidation sites excluding steroid dienone is 1. The Morgan fingerprint density at radius 2 is 1.88 bits per heavy atom. The molecular formula is C18H16ClN5O2. The Hall–Kier alpha value is -3.06. The standard InChI is InChI=1S/C18H16ClN5O2/c1-25-13-7-8-14(17(9-13)26-2)16-10-15(11-3-5-12(19)6-4-11)20-18-21-22-23-24(16)18/h3-10,16H,1-2H3,(H,20,21,23)/t16-/m0/s1. The summed E-state index contributed by atoms with van der Waals surface area (Å²) >= 11 is 6.00. The first-order valence-corrected chi connectivity index (χ1v) is 8.32. The molecule has 3 aromatic rings. The Morgan fingerprint density at radius 3 is 2.62 bits per heavy atom. The van der Waals surface area contributed by atoms with Crippen LogP contribution < -0.4 is 14.8 Å². The molecule has 2 aromatic carbocycles. The summed E-state index contributed by atoms with van der Waals surface area (Å²) < 4.78 is 12.6. The average Bonchev–Trinajstić information content (AvgIpc) is 3.16. The van der Waals surface area contributed by atoms with Gasteiger partial charge >= 0.3 is 0 Å². The Kier molecular flexibility index (Phi) is 4.22. The molecule has 4 rings (SSSR count). The minimum absolute atomic E-state index is 0.229. The van der Waals surface area contributed by atoms with E-state index >= 15 is 0 Å². The van der Waals surface area contributed by atoms with Crippen LogP contribution in [0.4, 0.5) is 5.95 Å². The highest BCUT2D eigenvalue weighted by molar-refractivity contribution is 6.30. The molecule has 1 aromatic heterocycles. The van der Waals surface area contributed by atoms with Crippen LogP contribution in [0.25, 0.3) is 5.70 Å². The van der Waals surface area contributed by atoms with E-state index in [9.17, 15) is 0 Å². The van der Waals surface area contributed by atoms with Crippen molar-refractivity contribution < 1.29 is 9.47 Å². The summed E-state index contributed by atoms with van der Waals surface area (Å²) in [6.45, 7) is 0. The second-order valence-electron chi connectivity index (χ2n) is 5.71. The Bertz CT molecular complexity index is 968. The van der Waals surface area contributed by atoms with E-state index in [1.54, 1.807) is 18.9 Å². The maximum atomic E-state index is 6.00. The van der Waals surface area contributed by atoms with Crippen molar-refractivity contribution >= 4 is 23.2 Å². The molecule has 8 heteroatoms. The summed E-state index contributed by atoms with van der Waals surface area (Å²) in [5.41, 5.74) is 2.81. The third-order valence-electron chi connectivity index (χ3n) is 4.24. The second-order valence-corrected chi connectivity index (χ2v) is 6.15. The number of methoxy groups -OCH3 is 2. The van der Waals surface area contributed by atoms with Crippen molar-refractivity contribution in [2.24, 2.45) is 0 Å². The Balaban J connectivity index is 1.82. The number of ether oxygens (including phenoxy) is 2. The van der Waals surface area contributed by atoms with E-state index in [1.807, 2.05) is 42.5 Å². The third-order valence-corrected chi connectivity index (χ3v) is 4.49. The fourth-order valence-electron chi connectivity index (χ4n) is 2.94. The van der Waals surface area contributed by atoms with E-state index in [0.29, 0.717) is 16.7 Å². The van der Waals surface area contributed by atoms with Crippen molar-refractivity contribution in [3.8, 4) is 11.5 Å². The molecule has 0 saturated carbocycles. The summed E-state index contributed by atoms with van der Waals surface area (Å²) in [5.74, 6) is 1.98. The van der Waals surface area contributed by atoms with Crippen LogP contribution in [0.2, 0.25) is 5.02 Å². The lowest BCUT2D eigenvalue weighted by Crippen LogP contribution is -2.20. The number of hydrogen-bond donors (Lipinski definition) is 1. The number of hydrogen-bond acceptors (Lipinski definition) is 6. The van der Waals surface area contributed by atoms with Gasteiger partial charge in [-0.05, 0) is 46.3 Å². The molecule has 7 nitrogen and oxygen atoms in total. The maximum absolute atomic E-state index is 6.00. The van der Waals surface area contributed by atoms with Crippen molar-refractivity contribution in [2.75, 3.05) is 19.5 Å². The molecule has 0 spiro atoms. The van der Waals surface area contributed by atoms with E-state index < -0.39 is 0 Å². The smallest absolute Gasteiger partial charge is 0.248 e. The normalized spacial score (nSPS) is 15.7. The van der Waals surface area contributed by atoms with Gasteiger partial charge in [-0.15, -0.1) is 0 Å². The highest BCUT2D eigenvalue weighted by Gasteiger charge is 2.26. The fourth-order valence-corrected chi connectivity index (χ4v) is 3.06. The van der Waals surface area contributed by atoms with E-state index in [0.717, 1.165) is 22.6 Å². The maximum Gasteiger partial charge on any atom is 0.248 e. The summed E-state index contributed by atoms with van der Waals surface area (Å²) in [4.78, 5) is 0. The molecule has 1 N–H and O–H groups in total. The van der Waals surface area contributed by atoms with Gasteiger partial charge in [-0.25, -0.2) is 0 Å². The Labute approximate surface area is 155 Å². The van der Waals surface area contributed by atoms with Gasteiger partial charge < -0.3 is 14.8 Å². The number of rotatable bonds is 4. The van der Waals surface area contributed by atoms with Gasteiger partial charge in [0.25, 0.3) is 0 Å². The molecule has 0 amide bonds. The predicted octanol–water partition coefficient (Wildman–Crippen LogP) is 3.40. The molecule has 1 atom stereocenters. The molecule has 1 aliphatic rings. The molecule has 0 fully saturated rings. The highest BCUT2D eigenvalue weighted by Crippen LogP contribution is 2.37. The first kappa shape index (κ1) is 16.4. The van der Waals surface area contributed by atoms with Gasteiger partial charge in [-0.1, -0.05) is 28.8 Å². The van der Waals surface area contributed by atoms with Crippen LogP contribution in [0.5, 0.6) is 11.5 Å². The van der Waals surface area contributed by atoms with E-state index in [2.05, 4.69) is 26.9 Å². The Morgan fingerprint density at radius 1 is 1.08 bits per heavy atom. The minimum Gasteiger partial charge on any atom is -0.497 e. The summed E-state index contributed by atoms with van der Waals surface area (Å²) in [5, 5.41) is 15.9. The van der Waals surface area contributed by atoms with Crippen molar-refractivity contribution in [2.45, 2.75) is 6.04 Å². The van der Waals surface area contributed by atoms with Crippen LogP contribution in [0, 0.1) is 0 Å².